The Labute approximate surface area is 120 Å². The number of halogens is 2. The summed E-state index contributed by atoms with van der Waals surface area (Å²) in [4.78, 5) is 11.6. The summed E-state index contributed by atoms with van der Waals surface area (Å²) < 4.78 is 31.8. The van der Waals surface area contributed by atoms with E-state index >= 15 is 0 Å². The van der Waals surface area contributed by atoms with E-state index in [-0.39, 0.29) is 16.5 Å². The fourth-order valence-corrected chi connectivity index (χ4v) is 1.87. The molecule has 2 N–H and O–H groups in total. The van der Waals surface area contributed by atoms with Crippen LogP contribution in [0.1, 0.15) is 20.8 Å². The molecule has 0 unspecified atom stereocenters. The van der Waals surface area contributed by atoms with Crippen molar-refractivity contribution >= 4 is 22.6 Å². The number of amides is 1. The van der Waals surface area contributed by atoms with Gasteiger partial charge in [-0.1, -0.05) is 6.07 Å². The molecule has 1 amide bonds. The molecule has 0 aromatic heterocycles. The van der Waals surface area contributed by atoms with E-state index in [1.165, 1.54) is 12.1 Å². The third-order valence-electron chi connectivity index (χ3n) is 2.63. The van der Waals surface area contributed by atoms with Crippen LogP contribution in [-0.2, 0) is 4.74 Å². The quantitative estimate of drug-likeness (QED) is 0.830. The van der Waals surface area contributed by atoms with E-state index in [1.807, 2.05) is 0 Å². The SMILES string of the molecule is CC(C)(C)OC(=O)Nc1cc(O)c2c(F)c(F)ccc2c1. The number of nitrogens with one attached hydrogen (secondary N) is 1. The predicted octanol–water partition coefficient (Wildman–Crippen LogP) is 4.17. The number of aromatic hydroxyl groups is 1. The number of carbonyl (C=O) groups is 1. The average Bonchev–Trinajstić information content (AvgIpc) is 2.31. The first-order chi connectivity index (χ1) is 9.67. The minimum atomic E-state index is -1.13. The van der Waals surface area contributed by atoms with Crippen LogP contribution in [0.2, 0.25) is 0 Å². The van der Waals surface area contributed by atoms with Crippen molar-refractivity contribution in [3.8, 4) is 5.75 Å². The third-order valence-corrected chi connectivity index (χ3v) is 2.63. The van der Waals surface area contributed by atoms with Gasteiger partial charge in [0.25, 0.3) is 0 Å². The molecule has 21 heavy (non-hydrogen) atoms. The van der Waals surface area contributed by atoms with Crippen LogP contribution < -0.4 is 5.32 Å². The second-order valence-corrected chi connectivity index (χ2v) is 5.58. The molecule has 2 aromatic rings. The van der Waals surface area contributed by atoms with Crippen LogP contribution in [0.5, 0.6) is 5.75 Å². The summed E-state index contributed by atoms with van der Waals surface area (Å²) in [5.74, 6) is -2.64. The minimum Gasteiger partial charge on any atom is -0.507 e. The van der Waals surface area contributed by atoms with Crippen molar-refractivity contribution in [1.29, 1.82) is 0 Å². The first kappa shape index (κ1) is 15.0. The van der Waals surface area contributed by atoms with Crippen molar-refractivity contribution in [1.82, 2.24) is 0 Å². The lowest BCUT2D eigenvalue weighted by Gasteiger charge is -2.19. The molecule has 0 radical (unpaired) electrons. The Hall–Kier alpha value is -2.37. The summed E-state index contributed by atoms with van der Waals surface area (Å²) in [5.41, 5.74) is -0.446. The molecule has 6 heteroatoms. The summed E-state index contributed by atoms with van der Waals surface area (Å²) in [6.07, 6.45) is -0.705. The second-order valence-electron chi connectivity index (χ2n) is 5.58. The summed E-state index contributed by atoms with van der Waals surface area (Å²) in [6, 6.07) is 4.82. The van der Waals surface area contributed by atoms with Gasteiger partial charge in [-0.3, -0.25) is 5.32 Å². The largest absolute Gasteiger partial charge is 0.507 e. The van der Waals surface area contributed by atoms with Gasteiger partial charge in [-0.25, -0.2) is 13.6 Å². The number of ether oxygens (including phenoxy) is 1. The Kier molecular flexibility index (Phi) is 3.72. The van der Waals surface area contributed by atoms with Crippen molar-refractivity contribution < 1.29 is 23.4 Å². The molecule has 0 heterocycles. The number of benzene rings is 2. The Bertz CT molecular complexity index is 708. The highest BCUT2D eigenvalue weighted by molar-refractivity contribution is 5.95. The fraction of sp³-hybridized carbons (Fsp3) is 0.267. The number of phenolic OH excluding ortho intramolecular Hbond substituents is 1. The summed E-state index contributed by atoms with van der Waals surface area (Å²) in [5, 5.41) is 12.3. The van der Waals surface area contributed by atoms with Crippen molar-refractivity contribution in [2.45, 2.75) is 26.4 Å². The highest BCUT2D eigenvalue weighted by atomic mass is 19.2. The number of anilines is 1. The van der Waals surface area contributed by atoms with Gasteiger partial charge in [0.05, 0.1) is 5.39 Å². The maximum atomic E-state index is 13.6. The molecule has 0 aliphatic rings. The maximum absolute atomic E-state index is 13.6. The fourth-order valence-electron chi connectivity index (χ4n) is 1.87. The number of carbonyl (C=O) groups excluding carboxylic acids is 1. The summed E-state index contributed by atoms with van der Waals surface area (Å²) in [6.45, 7) is 5.13. The zero-order chi connectivity index (χ0) is 15.8. The van der Waals surface area contributed by atoms with E-state index in [1.54, 1.807) is 20.8 Å². The molecule has 0 aliphatic heterocycles. The minimum absolute atomic E-state index is 0.222. The highest BCUT2D eigenvalue weighted by Gasteiger charge is 2.17. The molecule has 0 aliphatic carbocycles. The number of hydrogen-bond donors (Lipinski definition) is 2. The normalized spacial score (nSPS) is 11.5. The zero-order valence-electron chi connectivity index (χ0n) is 11.8. The monoisotopic (exact) mass is 295 g/mol. The van der Waals surface area contributed by atoms with Gasteiger partial charge in [0.1, 0.15) is 11.4 Å². The predicted molar refractivity (Wildman–Crippen MR) is 75.4 cm³/mol. The molecule has 0 bridgehead atoms. The van der Waals surface area contributed by atoms with E-state index in [0.717, 1.165) is 12.1 Å². The van der Waals surface area contributed by atoms with E-state index in [9.17, 15) is 18.7 Å². The molecule has 0 spiro atoms. The Morgan fingerprint density at radius 2 is 1.90 bits per heavy atom. The Morgan fingerprint density at radius 3 is 2.52 bits per heavy atom. The Balaban J connectivity index is 2.35. The smallest absolute Gasteiger partial charge is 0.412 e. The lowest BCUT2D eigenvalue weighted by molar-refractivity contribution is 0.0636. The first-order valence-electron chi connectivity index (χ1n) is 6.28. The number of phenols is 1. The lowest BCUT2D eigenvalue weighted by atomic mass is 10.1. The number of rotatable bonds is 1. The molecular formula is C15H15F2NO3. The number of fused-ring (bicyclic) bond motifs is 1. The standard InChI is InChI=1S/C15H15F2NO3/c1-15(2,3)21-14(20)18-9-6-8-4-5-10(16)13(17)12(8)11(19)7-9/h4-7,19H,1-3H3,(H,18,20). The third kappa shape index (κ3) is 3.39. The molecule has 0 fully saturated rings. The lowest BCUT2D eigenvalue weighted by Crippen LogP contribution is -2.27. The van der Waals surface area contributed by atoms with E-state index in [0.29, 0.717) is 0 Å². The van der Waals surface area contributed by atoms with Crippen molar-refractivity contribution in [2.75, 3.05) is 5.32 Å². The van der Waals surface area contributed by atoms with Crippen molar-refractivity contribution in [3.05, 3.63) is 35.9 Å². The van der Waals surface area contributed by atoms with Gasteiger partial charge >= 0.3 is 6.09 Å². The summed E-state index contributed by atoms with van der Waals surface area (Å²) in [7, 11) is 0. The molecular weight excluding hydrogens is 280 g/mol. The van der Waals surface area contributed by atoms with Crippen molar-refractivity contribution in [3.63, 3.8) is 0 Å². The zero-order valence-corrected chi connectivity index (χ0v) is 11.8. The van der Waals surface area contributed by atoms with E-state index in [4.69, 9.17) is 4.74 Å². The van der Waals surface area contributed by atoms with Crippen LogP contribution in [-0.4, -0.2) is 16.8 Å². The van der Waals surface area contributed by atoms with E-state index < -0.39 is 29.1 Å². The molecule has 112 valence electrons. The Morgan fingerprint density at radius 1 is 1.24 bits per heavy atom. The van der Waals surface area contributed by atoms with Gasteiger partial charge in [0.2, 0.25) is 0 Å². The maximum Gasteiger partial charge on any atom is 0.412 e. The average molecular weight is 295 g/mol. The van der Waals surface area contributed by atoms with E-state index in [2.05, 4.69) is 5.32 Å². The van der Waals surface area contributed by atoms with Crippen LogP contribution in [0.3, 0.4) is 0 Å². The molecule has 2 rings (SSSR count). The first-order valence-corrected chi connectivity index (χ1v) is 6.28. The molecule has 4 nitrogen and oxygen atoms in total. The highest BCUT2D eigenvalue weighted by Crippen LogP contribution is 2.32. The van der Waals surface area contributed by atoms with Gasteiger partial charge in [-0.2, -0.15) is 0 Å². The number of hydrogen-bond acceptors (Lipinski definition) is 3. The van der Waals surface area contributed by atoms with Gasteiger partial charge in [0.15, 0.2) is 11.6 Å². The molecule has 0 saturated carbocycles. The topological polar surface area (TPSA) is 58.6 Å². The van der Waals surface area contributed by atoms with Crippen LogP contribution in [0.15, 0.2) is 24.3 Å². The second kappa shape index (κ2) is 5.20. The summed E-state index contributed by atoms with van der Waals surface area (Å²) >= 11 is 0. The van der Waals surface area contributed by atoms with Gasteiger partial charge in [-0.05, 0) is 38.3 Å². The molecule has 2 aromatic carbocycles. The molecule has 0 atom stereocenters. The van der Waals surface area contributed by atoms with Crippen molar-refractivity contribution in [2.24, 2.45) is 0 Å². The van der Waals surface area contributed by atoms with Crippen LogP contribution in [0.25, 0.3) is 10.8 Å². The van der Waals surface area contributed by atoms with Crippen LogP contribution in [0, 0.1) is 11.6 Å². The van der Waals surface area contributed by atoms with Crippen LogP contribution in [0.4, 0.5) is 19.3 Å². The van der Waals surface area contributed by atoms with Gasteiger partial charge in [0, 0.05) is 11.8 Å². The molecule has 0 saturated heterocycles. The van der Waals surface area contributed by atoms with Gasteiger partial charge < -0.3 is 9.84 Å². The van der Waals surface area contributed by atoms with Gasteiger partial charge in [-0.15, -0.1) is 0 Å². The van der Waals surface area contributed by atoms with Crippen LogP contribution >= 0.6 is 0 Å².